The van der Waals surface area contributed by atoms with E-state index in [1.54, 1.807) is 6.20 Å². The Morgan fingerprint density at radius 1 is 1.24 bits per heavy atom. The maximum absolute atomic E-state index is 10.6. The number of aliphatic hydroxyl groups is 1. The van der Waals surface area contributed by atoms with Crippen LogP contribution in [0.4, 0.5) is 0 Å². The second-order valence-corrected chi connectivity index (χ2v) is 8.20. The van der Waals surface area contributed by atoms with Crippen LogP contribution in [0.5, 0.6) is 0 Å². The SMILES string of the molecule is C[C@H](c1ncc(C(C)(C)C)o1)N1CCC([C@@H](O)c2nccn2C)CC1. The fraction of sp³-hybridized carbons (Fsp3) is 0.684. The van der Waals surface area contributed by atoms with Gasteiger partial charge in [0.2, 0.25) is 5.89 Å². The first-order valence-electron chi connectivity index (χ1n) is 9.13. The minimum Gasteiger partial charge on any atom is -0.443 e. The Kier molecular flexibility index (Phi) is 5.02. The Hall–Kier alpha value is -1.66. The topological polar surface area (TPSA) is 67.3 Å². The van der Waals surface area contributed by atoms with Crippen molar-refractivity contribution in [3.8, 4) is 0 Å². The standard InChI is InChI=1S/C19H30N4O2/c1-13(18-21-12-15(25-18)19(2,3)4)23-9-6-14(7-10-23)16(24)17-20-8-11-22(17)5/h8,11-14,16,24H,6-7,9-10H2,1-5H3/t13-,16-/m1/s1. The smallest absolute Gasteiger partial charge is 0.211 e. The predicted octanol–water partition coefficient (Wildman–Crippen LogP) is 3.21. The van der Waals surface area contributed by atoms with Crippen molar-refractivity contribution in [1.82, 2.24) is 19.4 Å². The molecule has 2 aromatic rings. The summed E-state index contributed by atoms with van der Waals surface area (Å²) in [6, 6.07) is 0.155. The highest BCUT2D eigenvalue weighted by Gasteiger charge is 2.32. The summed E-state index contributed by atoms with van der Waals surface area (Å²) in [7, 11) is 1.93. The molecule has 2 aromatic heterocycles. The monoisotopic (exact) mass is 346 g/mol. The van der Waals surface area contributed by atoms with Crippen LogP contribution in [0.3, 0.4) is 0 Å². The third kappa shape index (κ3) is 3.80. The molecule has 0 aromatic carbocycles. The van der Waals surface area contributed by atoms with Crippen molar-refractivity contribution >= 4 is 0 Å². The molecule has 2 atom stereocenters. The second-order valence-electron chi connectivity index (χ2n) is 8.20. The summed E-state index contributed by atoms with van der Waals surface area (Å²) < 4.78 is 7.90. The Bertz CT molecular complexity index is 692. The van der Waals surface area contributed by atoms with E-state index in [2.05, 4.69) is 42.6 Å². The first-order chi connectivity index (χ1) is 11.8. The summed E-state index contributed by atoms with van der Waals surface area (Å²) in [5.74, 6) is 2.72. The minimum absolute atomic E-state index is 0.0237. The summed E-state index contributed by atoms with van der Waals surface area (Å²) in [5.41, 5.74) is -0.0237. The van der Waals surface area contributed by atoms with E-state index >= 15 is 0 Å². The van der Waals surface area contributed by atoms with Gasteiger partial charge in [-0.15, -0.1) is 0 Å². The lowest BCUT2D eigenvalue weighted by Gasteiger charge is -2.36. The molecule has 1 aliphatic heterocycles. The molecule has 138 valence electrons. The molecule has 0 amide bonds. The maximum Gasteiger partial charge on any atom is 0.211 e. The van der Waals surface area contributed by atoms with Crippen molar-refractivity contribution in [2.24, 2.45) is 13.0 Å². The minimum atomic E-state index is -0.494. The summed E-state index contributed by atoms with van der Waals surface area (Å²) in [6.07, 6.45) is 6.88. The van der Waals surface area contributed by atoms with Crippen LogP contribution in [-0.4, -0.2) is 37.6 Å². The molecule has 0 unspecified atom stereocenters. The van der Waals surface area contributed by atoms with Crippen LogP contribution in [0.2, 0.25) is 0 Å². The van der Waals surface area contributed by atoms with E-state index in [0.717, 1.165) is 43.4 Å². The van der Waals surface area contributed by atoms with Gasteiger partial charge in [-0.05, 0) is 38.8 Å². The van der Waals surface area contributed by atoms with Crippen LogP contribution in [0, 0.1) is 5.92 Å². The summed E-state index contributed by atoms with van der Waals surface area (Å²) >= 11 is 0. The van der Waals surface area contributed by atoms with E-state index in [4.69, 9.17) is 4.42 Å². The van der Waals surface area contributed by atoms with Gasteiger partial charge in [0.05, 0.1) is 12.2 Å². The molecular formula is C19H30N4O2. The van der Waals surface area contributed by atoms with E-state index in [9.17, 15) is 5.11 Å². The summed E-state index contributed by atoms with van der Waals surface area (Å²) in [6.45, 7) is 10.4. The van der Waals surface area contributed by atoms with Gasteiger partial charge in [0.25, 0.3) is 0 Å². The highest BCUT2D eigenvalue weighted by molar-refractivity contribution is 5.07. The van der Waals surface area contributed by atoms with E-state index < -0.39 is 6.10 Å². The van der Waals surface area contributed by atoms with Gasteiger partial charge < -0.3 is 14.1 Å². The second kappa shape index (κ2) is 6.92. The van der Waals surface area contributed by atoms with Crippen molar-refractivity contribution in [1.29, 1.82) is 0 Å². The Labute approximate surface area is 149 Å². The van der Waals surface area contributed by atoms with Crippen LogP contribution in [0.1, 0.15) is 70.2 Å². The zero-order valence-electron chi connectivity index (χ0n) is 15.9. The lowest BCUT2D eigenvalue weighted by atomic mass is 9.90. The van der Waals surface area contributed by atoms with Crippen LogP contribution in [0.15, 0.2) is 23.0 Å². The molecule has 6 heteroatoms. The van der Waals surface area contributed by atoms with Gasteiger partial charge in [-0.1, -0.05) is 20.8 Å². The lowest BCUT2D eigenvalue weighted by molar-refractivity contribution is 0.0365. The van der Waals surface area contributed by atoms with Gasteiger partial charge in [-0.25, -0.2) is 9.97 Å². The number of nitrogens with zero attached hydrogens (tertiary/aromatic N) is 4. The number of hydrogen-bond donors (Lipinski definition) is 1. The Morgan fingerprint density at radius 3 is 2.44 bits per heavy atom. The number of likely N-dealkylation sites (tertiary alicyclic amines) is 1. The van der Waals surface area contributed by atoms with Crippen molar-refractivity contribution in [3.63, 3.8) is 0 Å². The normalized spacial score (nSPS) is 19.9. The average Bonchev–Trinajstić information content (AvgIpc) is 3.22. The molecule has 0 bridgehead atoms. The van der Waals surface area contributed by atoms with Crippen LogP contribution >= 0.6 is 0 Å². The zero-order chi connectivity index (χ0) is 18.2. The number of aryl methyl sites for hydroxylation is 1. The number of piperidine rings is 1. The molecule has 0 spiro atoms. The number of aliphatic hydroxyl groups excluding tert-OH is 1. The Balaban J connectivity index is 1.60. The van der Waals surface area contributed by atoms with Crippen LogP contribution in [0.25, 0.3) is 0 Å². The number of imidazole rings is 1. The van der Waals surface area contributed by atoms with Gasteiger partial charge in [0.15, 0.2) is 0 Å². The molecule has 25 heavy (non-hydrogen) atoms. The number of rotatable bonds is 4. The fourth-order valence-electron chi connectivity index (χ4n) is 3.48. The van der Waals surface area contributed by atoms with E-state index in [1.165, 1.54) is 0 Å². The highest BCUT2D eigenvalue weighted by atomic mass is 16.4. The number of aromatic nitrogens is 3. The predicted molar refractivity (Wildman–Crippen MR) is 96.1 cm³/mol. The largest absolute Gasteiger partial charge is 0.443 e. The van der Waals surface area contributed by atoms with Gasteiger partial charge in [0, 0.05) is 24.9 Å². The van der Waals surface area contributed by atoms with Crippen LogP contribution < -0.4 is 0 Å². The fourth-order valence-corrected chi connectivity index (χ4v) is 3.48. The van der Waals surface area contributed by atoms with Gasteiger partial charge in [0.1, 0.15) is 17.7 Å². The maximum atomic E-state index is 10.6. The third-order valence-corrected chi connectivity index (χ3v) is 5.31. The first-order valence-corrected chi connectivity index (χ1v) is 9.13. The molecule has 3 heterocycles. The van der Waals surface area contributed by atoms with Crippen LogP contribution in [-0.2, 0) is 12.5 Å². The number of oxazole rings is 1. The van der Waals surface area contributed by atoms with Crippen molar-refractivity contribution < 1.29 is 9.52 Å². The van der Waals surface area contributed by atoms with Gasteiger partial charge in [-0.2, -0.15) is 0 Å². The van der Waals surface area contributed by atoms with Crippen molar-refractivity contribution in [2.45, 2.75) is 58.1 Å². The molecule has 1 aliphatic rings. The average molecular weight is 346 g/mol. The Morgan fingerprint density at radius 2 is 1.92 bits per heavy atom. The molecule has 1 N–H and O–H groups in total. The first kappa shape index (κ1) is 18.1. The number of hydrogen-bond acceptors (Lipinski definition) is 5. The molecule has 0 aliphatic carbocycles. The zero-order valence-corrected chi connectivity index (χ0v) is 15.9. The molecule has 0 radical (unpaired) electrons. The quantitative estimate of drug-likeness (QED) is 0.921. The van der Waals surface area contributed by atoms with Crippen molar-refractivity contribution in [2.75, 3.05) is 13.1 Å². The summed E-state index contributed by atoms with van der Waals surface area (Å²) in [4.78, 5) is 11.2. The lowest BCUT2D eigenvalue weighted by Crippen LogP contribution is -2.37. The molecular weight excluding hydrogens is 316 g/mol. The van der Waals surface area contributed by atoms with Gasteiger partial charge in [-0.3, -0.25) is 4.90 Å². The van der Waals surface area contributed by atoms with E-state index in [-0.39, 0.29) is 17.4 Å². The third-order valence-electron chi connectivity index (χ3n) is 5.31. The van der Waals surface area contributed by atoms with E-state index in [1.807, 2.05) is 24.0 Å². The molecule has 0 saturated carbocycles. The highest BCUT2D eigenvalue weighted by Crippen LogP contribution is 2.33. The molecule has 1 fully saturated rings. The van der Waals surface area contributed by atoms with Gasteiger partial charge >= 0.3 is 0 Å². The van der Waals surface area contributed by atoms with Crippen molar-refractivity contribution in [3.05, 3.63) is 36.1 Å². The van der Waals surface area contributed by atoms with E-state index in [0.29, 0.717) is 0 Å². The molecule has 3 rings (SSSR count). The summed E-state index contributed by atoms with van der Waals surface area (Å²) in [5, 5.41) is 10.6. The molecule has 1 saturated heterocycles. The molecule has 6 nitrogen and oxygen atoms in total.